The lowest BCUT2D eigenvalue weighted by Crippen LogP contribution is -2.08. The molecule has 0 radical (unpaired) electrons. The molecular weight excluding hydrogens is 198 g/mol. The largest absolute Gasteiger partial charge is 0.492 e. The second-order valence-electron chi connectivity index (χ2n) is 3.04. The average Bonchev–Trinajstić information content (AvgIpc) is 2.20. The van der Waals surface area contributed by atoms with Gasteiger partial charge in [-0.2, -0.15) is 0 Å². The van der Waals surface area contributed by atoms with Crippen molar-refractivity contribution in [2.75, 3.05) is 14.2 Å². The Labute approximate surface area is 87.7 Å². The number of rotatable bonds is 3. The van der Waals surface area contributed by atoms with Gasteiger partial charge < -0.3 is 14.6 Å². The molecule has 1 heterocycles. The monoisotopic (exact) mass is 211 g/mol. The van der Waals surface area contributed by atoms with Crippen LogP contribution in [0.5, 0.6) is 11.5 Å². The van der Waals surface area contributed by atoms with Crippen molar-refractivity contribution >= 4 is 5.97 Å². The molecule has 1 rings (SSSR count). The lowest BCUT2D eigenvalue weighted by Gasteiger charge is -2.13. The van der Waals surface area contributed by atoms with Crippen LogP contribution in [0.2, 0.25) is 0 Å². The highest BCUT2D eigenvalue weighted by Crippen LogP contribution is 2.34. The maximum absolute atomic E-state index is 10.9. The zero-order valence-corrected chi connectivity index (χ0v) is 9.12. The molecule has 0 spiro atoms. The topological polar surface area (TPSA) is 68.7 Å². The third kappa shape index (κ3) is 1.86. The number of methoxy groups -OCH3 is 2. The number of aromatic carboxylic acids is 1. The normalized spacial score (nSPS) is 9.87. The molecule has 0 aliphatic heterocycles. The van der Waals surface area contributed by atoms with Crippen molar-refractivity contribution in [1.82, 2.24) is 4.98 Å². The van der Waals surface area contributed by atoms with E-state index in [1.165, 1.54) is 14.2 Å². The van der Waals surface area contributed by atoms with Crippen LogP contribution < -0.4 is 9.47 Å². The van der Waals surface area contributed by atoms with Crippen molar-refractivity contribution in [3.8, 4) is 11.5 Å². The van der Waals surface area contributed by atoms with Gasteiger partial charge >= 0.3 is 5.97 Å². The Morgan fingerprint density at radius 2 is 1.73 bits per heavy atom. The number of aromatic nitrogens is 1. The molecule has 0 bridgehead atoms. The Balaban J connectivity index is 3.54. The van der Waals surface area contributed by atoms with Gasteiger partial charge in [-0.1, -0.05) is 0 Å². The number of hydrogen-bond acceptors (Lipinski definition) is 4. The zero-order chi connectivity index (χ0) is 11.6. The summed E-state index contributed by atoms with van der Waals surface area (Å²) in [7, 11) is 2.86. The van der Waals surface area contributed by atoms with Crippen LogP contribution in [0.4, 0.5) is 0 Å². The van der Waals surface area contributed by atoms with Gasteiger partial charge in [0.25, 0.3) is 0 Å². The molecule has 15 heavy (non-hydrogen) atoms. The van der Waals surface area contributed by atoms with E-state index in [0.717, 1.165) is 5.56 Å². The molecule has 5 heteroatoms. The Bertz CT molecular complexity index is 401. The molecule has 1 N–H and O–H groups in total. The summed E-state index contributed by atoms with van der Waals surface area (Å²) in [6.07, 6.45) is 0. The summed E-state index contributed by atoms with van der Waals surface area (Å²) in [6.45, 7) is 3.53. The molecule has 0 aromatic carbocycles. The first-order valence-electron chi connectivity index (χ1n) is 4.35. The number of nitrogens with zero attached hydrogens (tertiary/aromatic N) is 1. The van der Waals surface area contributed by atoms with Crippen molar-refractivity contribution in [2.45, 2.75) is 13.8 Å². The van der Waals surface area contributed by atoms with Crippen LogP contribution in [0.25, 0.3) is 0 Å². The summed E-state index contributed by atoms with van der Waals surface area (Å²) in [5, 5.41) is 8.93. The second-order valence-corrected chi connectivity index (χ2v) is 3.04. The lowest BCUT2D eigenvalue weighted by molar-refractivity contribution is 0.0685. The summed E-state index contributed by atoms with van der Waals surface area (Å²) in [6, 6.07) is 0. The predicted octanol–water partition coefficient (Wildman–Crippen LogP) is 1.41. The third-order valence-corrected chi connectivity index (χ3v) is 2.19. The van der Waals surface area contributed by atoms with Gasteiger partial charge in [0.15, 0.2) is 17.2 Å². The third-order valence-electron chi connectivity index (χ3n) is 2.19. The van der Waals surface area contributed by atoms with Crippen LogP contribution in [-0.4, -0.2) is 30.3 Å². The van der Waals surface area contributed by atoms with Crippen LogP contribution >= 0.6 is 0 Å². The SMILES string of the molecule is COc1c(C(=O)O)nc(C)c(C)c1OC. The quantitative estimate of drug-likeness (QED) is 0.818. The van der Waals surface area contributed by atoms with E-state index in [4.69, 9.17) is 14.6 Å². The van der Waals surface area contributed by atoms with Crippen LogP contribution in [0, 0.1) is 13.8 Å². The standard InChI is InChI=1S/C10H13NO4/c1-5-6(2)11-7(10(12)13)9(15-4)8(5)14-3/h1-4H3,(H,12,13). The molecule has 1 aromatic rings. The zero-order valence-electron chi connectivity index (χ0n) is 9.12. The summed E-state index contributed by atoms with van der Waals surface area (Å²) in [5.74, 6) is -0.552. The number of carbonyl (C=O) groups is 1. The molecule has 82 valence electrons. The van der Waals surface area contributed by atoms with Gasteiger partial charge in [-0.15, -0.1) is 0 Å². The van der Waals surface area contributed by atoms with Gasteiger partial charge in [0, 0.05) is 11.3 Å². The van der Waals surface area contributed by atoms with Crippen molar-refractivity contribution in [3.63, 3.8) is 0 Å². The summed E-state index contributed by atoms with van der Waals surface area (Å²) < 4.78 is 10.1. The van der Waals surface area contributed by atoms with E-state index in [2.05, 4.69) is 4.98 Å². The molecule has 0 unspecified atom stereocenters. The maximum Gasteiger partial charge on any atom is 0.358 e. The van der Waals surface area contributed by atoms with E-state index in [1.54, 1.807) is 13.8 Å². The van der Waals surface area contributed by atoms with Gasteiger partial charge in [-0.05, 0) is 13.8 Å². The minimum absolute atomic E-state index is 0.127. The number of ether oxygens (including phenoxy) is 2. The molecule has 0 aliphatic carbocycles. The highest BCUT2D eigenvalue weighted by molar-refractivity contribution is 5.90. The van der Waals surface area contributed by atoms with Crippen LogP contribution in [0.3, 0.4) is 0 Å². The highest BCUT2D eigenvalue weighted by Gasteiger charge is 2.21. The van der Waals surface area contributed by atoms with Crippen LogP contribution in [0.1, 0.15) is 21.7 Å². The minimum atomic E-state index is -1.13. The number of carboxylic acid groups (broad SMARTS) is 1. The fourth-order valence-corrected chi connectivity index (χ4v) is 1.32. The minimum Gasteiger partial charge on any atom is -0.492 e. The number of hydrogen-bond donors (Lipinski definition) is 1. The van der Waals surface area contributed by atoms with Crippen molar-refractivity contribution in [1.29, 1.82) is 0 Å². The van der Waals surface area contributed by atoms with Crippen molar-refractivity contribution in [3.05, 3.63) is 17.0 Å². The lowest BCUT2D eigenvalue weighted by atomic mass is 10.1. The highest BCUT2D eigenvalue weighted by atomic mass is 16.5. The van der Waals surface area contributed by atoms with Gasteiger partial charge in [0.1, 0.15) is 0 Å². The Morgan fingerprint density at radius 1 is 1.20 bits per heavy atom. The average molecular weight is 211 g/mol. The fourth-order valence-electron chi connectivity index (χ4n) is 1.32. The van der Waals surface area contributed by atoms with Gasteiger partial charge in [-0.25, -0.2) is 9.78 Å². The van der Waals surface area contributed by atoms with E-state index in [-0.39, 0.29) is 11.4 Å². The fraction of sp³-hybridized carbons (Fsp3) is 0.400. The summed E-state index contributed by atoms with van der Waals surface area (Å²) in [4.78, 5) is 14.9. The van der Waals surface area contributed by atoms with Crippen molar-refractivity contribution in [2.24, 2.45) is 0 Å². The van der Waals surface area contributed by atoms with E-state index in [9.17, 15) is 4.79 Å². The van der Waals surface area contributed by atoms with E-state index >= 15 is 0 Å². The maximum atomic E-state index is 10.9. The summed E-state index contributed by atoms with van der Waals surface area (Å²) in [5.41, 5.74) is 1.27. The first-order valence-corrected chi connectivity index (χ1v) is 4.35. The first-order chi connectivity index (χ1) is 7.02. The smallest absolute Gasteiger partial charge is 0.358 e. The molecule has 0 saturated heterocycles. The van der Waals surface area contributed by atoms with Crippen LogP contribution in [-0.2, 0) is 0 Å². The molecule has 0 saturated carbocycles. The Kier molecular flexibility index (Phi) is 3.14. The molecule has 0 atom stereocenters. The molecule has 5 nitrogen and oxygen atoms in total. The van der Waals surface area contributed by atoms with Crippen LogP contribution in [0.15, 0.2) is 0 Å². The molecular formula is C10H13NO4. The number of aryl methyl sites for hydroxylation is 1. The van der Waals surface area contributed by atoms with Gasteiger partial charge in [-0.3, -0.25) is 0 Å². The van der Waals surface area contributed by atoms with E-state index in [1.807, 2.05) is 0 Å². The van der Waals surface area contributed by atoms with Crippen molar-refractivity contribution < 1.29 is 19.4 Å². The predicted molar refractivity (Wildman–Crippen MR) is 53.8 cm³/mol. The van der Waals surface area contributed by atoms with Gasteiger partial charge in [0.2, 0.25) is 0 Å². The molecule has 0 amide bonds. The molecule has 0 aliphatic rings. The Hall–Kier alpha value is -1.78. The molecule has 0 fully saturated rings. The summed E-state index contributed by atoms with van der Waals surface area (Å²) >= 11 is 0. The van der Waals surface area contributed by atoms with Gasteiger partial charge in [0.05, 0.1) is 14.2 Å². The number of carboxylic acids is 1. The Morgan fingerprint density at radius 3 is 2.13 bits per heavy atom. The van der Waals surface area contributed by atoms with E-state index in [0.29, 0.717) is 11.4 Å². The number of pyridine rings is 1. The van der Waals surface area contributed by atoms with E-state index < -0.39 is 5.97 Å². The molecule has 1 aromatic heterocycles. The second kappa shape index (κ2) is 4.16. The first kappa shape index (κ1) is 11.3.